The molecule has 0 fully saturated rings. The van der Waals surface area contributed by atoms with Crippen LogP contribution < -0.4 is 0 Å². The maximum atomic E-state index is 2.30. The Hall–Kier alpha value is 0.284. The van der Waals surface area contributed by atoms with Crippen molar-refractivity contribution >= 4 is 37.2 Å². The molecule has 0 radical (unpaired) electrons. The Bertz CT molecular complexity index is 422. The summed E-state index contributed by atoms with van der Waals surface area (Å²) in [7, 11) is 0. The van der Waals surface area contributed by atoms with Gasteiger partial charge in [0.15, 0.2) is 0 Å². The van der Waals surface area contributed by atoms with E-state index in [-0.39, 0.29) is 42.6 Å². The van der Waals surface area contributed by atoms with E-state index in [4.69, 9.17) is 0 Å². The van der Waals surface area contributed by atoms with Crippen molar-refractivity contribution in [2.75, 3.05) is 0 Å². The molecule has 0 amide bonds. The summed E-state index contributed by atoms with van der Waals surface area (Å²) < 4.78 is 1.50. The fraction of sp³-hybridized carbons (Fsp3) is 0.286. The Morgan fingerprint density at radius 2 is 1.56 bits per heavy atom. The van der Waals surface area contributed by atoms with Crippen LogP contribution in [0.5, 0.6) is 0 Å². The molecule has 1 aromatic carbocycles. The zero-order chi connectivity index (χ0) is 10.9. The van der Waals surface area contributed by atoms with Gasteiger partial charge >= 0.3 is 104 Å². The quantitative estimate of drug-likeness (QED) is 0.665. The summed E-state index contributed by atoms with van der Waals surface area (Å²) in [6, 6.07) is 10.7. The SMILES string of the molecule is CC(C)(C1=[C]([Ti])CC=C1)c1ccccc1.Cl.Cl.Cl. The van der Waals surface area contributed by atoms with E-state index in [1.165, 1.54) is 15.0 Å². The summed E-state index contributed by atoms with van der Waals surface area (Å²) in [5.41, 5.74) is 3.01. The van der Waals surface area contributed by atoms with Gasteiger partial charge < -0.3 is 0 Å². The third-order valence-electron chi connectivity index (χ3n) is 3.10. The van der Waals surface area contributed by atoms with Crippen molar-refractivity contribution in [1.82, 2.24) is 0 Å². The number of allylic oxidation sites excluding steroid dienone is 4. The van der Waals surface area contributed by atoms with Crippen molar-refractivity contribution in [1.29, 1.82) is 0 Å². The van der Waals surface area contributed by atoms with Crippen LogP contribution in [0.2, 0.25) is 0 Å². The Balaban J connectivity index is 0. The van der Waals surface area contributed by atoms with Crippen LogP contribution in [0.25, 0.3) is 0 Å². The third-order valence-corrected chi connectivity index (χ3v) is 3.84. The second-order valence-electron chi connectivity index (χ2n) is 4.49. The van der Waals surface area contributed by atoms with Gasteiger partial charge in [-0.25, -0.2) is 0 Å². The standard InChI is InChI=1S/C14H15.3ClH.Ti/c1-14(2,13-10-6-7-11-13)12-8-4-3-5-9-12;;;;/h3-6,8-10H,7H2,1-2H3;3*1H;. The molecule has 0 aromatic heterocycles. The van der Waals surface area contributed by atoms with Crippen LogP contribution in [-0.2, 0) is 25.9 Å². The molecule has 0 spiro atoms. The summed E-state index contributed by atoms with van der Waals surface area (Å²) in [5.74, 6) is 0. The molecular weight excluding hydrogens is 322 g/mol. The van der Waals surface area contributed by atoms with E-state index in [0.29, 0.717) is 0 Å². The third kappa shape index (κ3) is 4.15. The fourth-order valence-electron chi connectivity index (χ4n) is 2.10. The first-order valence-corrected chi connectivity index (χ1v) is 6.08. The van der Waals surface area contributed by atoms with E-state index in [0.717, 1.165) is 6.42 Å². The average Bonchev–Trinajstić information content (AvgIpc) is 2.66. The van der Waals surface area contributed by atoms with Crippen molar-refractivity contribution in [2.24, 2.45) is 0 Å². The van der Waals surface area contributed by atoms with Crippen LogP contribution >= 0.6 is 37.2 Å². The summed E-state index contributed by atoms with van der Waals surface area (Å²) in [6.45, 7) is 4.60. The molecule has 0 atom stereocenters. The van der Waals surface area contributed by atoms with Crippen LogP contribution in [0.4, 0.5) is 0 Å². The molecule has 2 rings (SSSR count). The van der Waals surface area contributed by atoms with E-state index in [1.54, 1.807) is 0 Å². The molecule has 4 heteroatoms. The van der Waals surface area contributed by atoms with E-state index in [9.17, 15) is 0 Å². The van der Waals surface area contributed by atoms with Gasteiger partial charge in [-0.15, -0.1) is 37.2 Å². The van der Waals surface area contributed by atoms with Gasteiger partial charge in [0, 0.05) is 0 Å². The van der Waals surface area contributed by atoms with Crippen LogP contribution in [0.3, 0.4) is 0 Å². The van der Waals surface area contributed by atoms with Crippen molar-refractivity contribution in [3.8, 4) is 0 Å². The van der Waals surface area contributed by atoms with E-state index in [2.05, 4.69) is 76.8 Å². The first-order chi connectivity index (χ1) is 7.12. The zero-order valence-electron chi connectivity index (χ0n) is 10.5. The number of hydrogen-bond donors (Lipinski definition) is 0. The maximum Gasteiger partial charge on any atom is -0.147 e. The van der Waals surface area contributed by atoms with E-state index in [1.807, 2.05) is 0 Å². The number of hydrogen-bond acceptors (Lipinski definition) is 0. The zero-order valence-corrected chi connectivity index (χ0v) is 14.5. The van der Waals surface area contributed by atoms with Gasteiger partial charge in [-0.3, -0.25) is 0 Å². The van der Waals surface area contributed by atoms with Gasteiger partial charge in [0.1, 0.15) is 0 Å². The smallest absolute Gasteiger partial charge is 0.147 e. The van der Waals surface area contributed by atoms with E-state index >= 15 is 0 Å². The Morgan fingerprint density at radius 3 is 2.00 bits per heavy atom. The Kier molecular flexibility index (Phi) is 9.67. The molecule has 0 bridgehead atoms. The minimum atomic E-state index is 0. The van der Waals surface area contributed by atoms with Gasteiger partial charge in [-0.1, -0.05) is 0 Å². The molecule has 0 unspecified atom stereocenters. The molecule has 18 heavy (non-hydrogen) atoms. The van der Waals surface area contributed by atoms with Crippen LogP contribution in [0.1, 0.15) is 25.8 Å². The summed E-state index contributed by atoms with van der Waals surface area (Å²) in [6.07, 6.45) is 5.66. The molecule has 99 valence electrons. The number of rotatable bonds is 2. The molecular formula is C14H18Cl3Ti. The van der Waals surface area contributed by atoms with Gasteiger partial charge in [0.2, 0.25) is 0 Å². The molecule has 1 aliphatic rings. The molecule has 0 nitrogen and oxygen atoms in total. The van der Waals surface area contributed by atoms with Gasteiger partial charge in [-0.05, 0) is 0 Å². The van der Waals surface area contributed by atoms with Gasteiger partial charge in [0.25, 0.3) is 0 Å². The Morgan fingerprint density at radius 1 is 1.00 bits per heavy atom. The molecule has 0 N–H and O–H groups in total. The van der Waals surface area contributed by atoms with Crippen molar-refractivity contribution in [3.63, 3.8) is 0 Å². The monoisotopic (exact) mass is 339 g/mol. The largest absolute Gasteiger partial charge is 0.147 e. The topological polar surface area (TPSA) is 0 Å². The van der Waals surface area contributed by atoms with Crippen LogP contribution in [0.15, 0.2) is 51.9 Å². The Labute approximate surface area is 140 Å². The summed E-state index contributed by atoms with van der Waals surface area (Å²) >= 11 is 2.24. The van der Waals surface area contributed by atoms with Crippen LogP contribution in [-0.4, -0.2) is 0 Å². The normalized spacial score (nSPS) is 13.4. The predicted octanol–water partition coefficient (Wildman–Crippen LogP) is 4.99. The minimum absolute atomic E-state index is 0. The van der Waals surface area contributed by atoms with E-state index < -0.39 is 0 Å². The molecule has 0 aliphatic heterocycles. The molecule has 0 heterocycles. The molecule has 1 aliphatic carbocycles. The minimum Gasteiger partial charge on any atom is -0.147 e. The second kappa shape index (κ2) is 8.45. The van der Waals surface area contributed by atoms with Crippen molar-refractivity contribution < 1.29 is 20.4 Å². The summed E-state index contributed by atoms with van der Waals surface area (Å²) in [5, 5.41) is 0. The number of halogens is 3. The summed E-state index contributed by atoms with van der Waals surface area (Å²) in [4.78, 5) is 0. The first kappa shape index (κ1) is 20.6. The van der Waals surface area contributed by atoms with Gasteiger partial charge in [0.05, 0.1) is 0 Å². The molecule has 0 saturated carbocycles. The van der Waals surface area contributed by atoms with Gasteiger partial charge in [-0.2, -0.15) is 0 Å². The van der Waals surface area contributed by atoms with Crippen LogP contribution in [0, 0.1) is 0 Å². The maximum absolute atomic E-state index is 2.30. The van der Waals surface area contributed by atoms with Crippen molar-refractivity contribution in [3.05, 3.63) is 57.5 Å². The predicted molar refractivity (Wildman–Crippen MR) is 82.0 cm³/mol. The molecule has 1 aromatic rings. The molecule has 0 saturated heterocycles. The second-order valence-corrected chi connectivity index (χ2v) is 5.43. The number of benzene rings is 1. The average molecular weight is 341 g/mol. The van der Waals surface area contributed by atoms with Crippen molar-refractivity contribution in [2.45, 2.75) is 25.7 Å². The fourth-order valence-corrected chi connectivity index (χ4v) is 2.90. The first-order valence-electron chi connectivity index (χ1n) is 5.29.